The maximum atomic E-state index is 12.4. The fraction of sp³-hybridized carbons (Fsp3) is 0.190. The molecule has 1 aliphatic rings. The van der Waals surface area contributed by atoms with E-state index in [4.69, 9.17) is 4.74 Å². The van der Waals surface area contributed by atoms with E-state index in [0.29, 0.717) is 11.5 Å². The SMILES string of the molecule is COc1ccc(C2CC(c3c(O)n(Cc4ccccc4)c(=O)[nH]c3=O)=NN2)cc1O. The molecule has 1 atom stereocenters. The molecule has 0 amide bonds. The van der Waals surface area contributed by atoms with E-state index in [0.717, 1.165) is 15.7 Å². The normalized spacial score (nSPS) is 15.5. The Hall–Kier alpha value is -4.01. The van der Waals surface area contributed by atoms with Gasteiger partial charge in [-0.05, 0) is 23.3 Å². The van der Waals surface area contributed by atoms with Gasteiger partial charge in [0.25, 0.3) is 5.56 Å². The Morgan fingerprint density at radius 1 is 1.17 bits per heavy atom. The summed E-state index contributed by atoms with van der Waals surface area (Å²) in [4.78, 5) is 27.0. The minimum Gasteiger partial charge on any atom is -0.504 e. The molecular weight excluding hydrogens is 388 g/mol. The van der Waals surface area contributed by atoms with Crippen LogP contribution in [0.3, 0.4) is 0 Å². The van der Waals surface area contributed by atoms with E-state index in [2.05, 4.69) is 15.5 Å². The number of phenolic OH excluding ortho intramolecular Hbond substituents is 1. The molecule has 1 aliphatic heterocycles. The van der Waals surface area contributed by atoms with Gasteiger partial charge in [-0.1, -0.05) is 36.4 Å². The van der Waals surface area contributed by atoms with Crippen LogP contribution in [0.5, 0.6) is 17.4 Å². The Kier molecular flexibility index (Phi) is 5.01. The van der Waals surface area contributed by atoms with Gasteiger partial charge in [-0.15, -0.1) is 0 Å². The summed E-state index contributed by atoms with van der Waals surface area (Å²) < 4.78 is 6.15. The molecule has 9 nitrogen and oxygen atoms in total. The topological polar surface area (TPSA) is 129 Å². The highest BCUT2D eigenvalue weighted by atomic mass is 16.5. The van der Waals surface area contributed by atoms with E-state index in [1.807, 2.05) is 30.3 Å². The van der Waals surface area contributed by atoms with Crippen LogP contribution < -0.4 is 21.4 Å². The second-order valence-corrected chi connectivity index (χ2v) is 6.91. The van der Waals surface area contributed by atoms with Gasteiger partial charge in [-0.25, -0.2) is 4.79 Å². The van der Waals surface area contributed by atoms with Gasteiger partial charge in [-0.3, -0.25) is 14.3 Å². The third-order valence-corrected chi connectivity index (χ3v) is 5.00. The smallest absolute Gasteiger partial charge is 0.331 e. The molecule has 2 aromatic carbocycles. The van der Waals surface area contributed by atoms with E-state index >= 15 is 0 Å². The van der Waals surface area contributed by atoms with Crippen molar-refractivity contribution in [2.24, 2.45) is 5.10 Å². The van der Waals surface area contributed by atoms with Crippen molar-refractivity contribution < 1.29 is 14.9 Å². The Balaban J connectivity index is 1.65. The van der Waals surface area contributed by atoms with Crippen molar-refractivity contribution >= 4 is 5.71 Å². The van der Waals surface area contributed by atoms with Gasteiger partial charge in [0.2, 0.25) is 5.88 Å². The quantitative estimate of drug-likeness (QED) is 0.506. The van der Waals surface area contributed by atoms with Crippen molar-refractivity contribution in [3.63, 3.8) is 0 Å². The average molecular weight is 408 g/mol. The van der Waals surface area contributed by atoms with Gasteiger partial charge in [0.15, 0.2) is 11.5 Å². The molecule has 9 heteroatoms. The number of ether oxygens (including phenoxy) is 1. The molecule has 0 radical (unpaired) electrons. The summed E-state index contributed by atoms with van der Waals surface area (Å²) in [6.45, 7) is 0.103. The van der Waals surface area contributed by atoms with E-state index in [-0.39, 0.29) is 30.3 Å². The highest BCUT2D eigenvalue weighted by molar-refractivity contribution is 6.03. The first kappa shape index (κ1) is 19.3. The Bertz CT molecular complexity index is 1230. The van der Waals surface area contributed by atoms with Crippen LogP contribution >= 0.6 is 0 Å². The maximum absolute atomic E-state index is 12.4. The van der Waals surface area contributed by atoms with Crippen LogP contribution in [0.25, 0.3) is 0 Å². The van der Waals surface area contributed by atoms with Crippen molar-refractivity contribution in [3.05, 3.63) is 86.1 Å². The molecular formula is C21H20N4O5. The molecule has 0 spiro atoms. The molecule has 0 saturated heterocycles. The van der Waals surface area contributed by atoms with E-state index in [1.54, 1.807) is 18.2 Å². The lowest BCUT2D eigenvalue weighted by atomic mass is 9.99. The summed E-state index contributed by atoms with van der Waals surface area (Å²) in [5.41, 5.74) is 3.29. The van der Waals surface area contributed by atoms with Gasteiger partial charge in [0.05, 0.1) is 25.4 Å². The van der Waals surface area contributed by atoms with Crippen LogP contribution in [-0.2, 0) is 6.54 Å². The molecule has 0 bridgehead atoms. The number of aromatic nitrogens is 2. The first-order valence-electron chi connectivity index (χ1n) is 9.27. The Morgan fingerprint density at radius 2 is 1.93 bits per heavy atom. The molecule has 0 aliphatic carbocycles. The number of nitrogens with one attached hydrogen (secondary N) is 2. The molecule has 1 aromatic heterocycles. The van der Waals surface area contributed by atoms with Crippen LogP contribution in [0, 0.1) is 0 Å². The number of benzene rings is 2. The highest BCUT2D eigenvalue weighted by Gasteiger charge is 2.27. The van der Waals surface area contributed by atoms with Gasteiger partial charge in [0, 0.05) is 6.42 Å². The lowest BCUT2D eigenvalue weighted by Crippen LogP contribution is -2.34. The molecule has 4 rings (SSSR count). The molecule has 3 aromatic rings. The molecule has 4 N–H and O–H groups in total. The van der Waals surface area contributed by atoms with E-state index in [9.17, 15) is 19.8 Å². The molecule has 1 unspecified atom stereocenters. The van der Waals surface area contributed by atoms with E-state index < -0.39 is 17.1 Å². The summed E-state index contributed by atoms with van der Waals surface area (Å²) in [6, 6.07) is 13.8. The second kappa shape index (κ2) is 7.78. The lowest BCUT2D eigenvalue weighted by Gasteiger charge is -2.13. The van der Waals surface area contributed by atoms with Crippen molar-refractivity contribution in [1.82, 2.24) is 15.0 Å². The minimum absolute atomic E-state index is 0.0117. The highest BCUT2D eigenvalue weighted by Crippen LogP contribution is 2.32. The largest absolute Gasteiger partial charge is 0.504 e. The van der Waals surface area contributed by atoms with Crippen molar-refractivity contribution in [3.8, 4) is 17.4 Å². The predicted octanol–water partition coefficient (Wildman–Crippen LogP) is 1.44. The lowest BCUT2D eigenvalue weighted by molar-refractivity contribution is 0.372. The fourth-order valence-corrected chi connectivity index (χ4v) is 3.45. The van der Waals surface area contributed by atoms with Crippen molar-refractivity contribution in [2.45, 2.75) is 19.0 Å². The number of rotatable bonds is 5. The van der Waals surface area contributed by atoms with Gasteiger partial charge in [-0.2, -0.15) is 5.10 Å². The molecule has 2 heterocycles. The predicted molar refractivity (Wildman–Crippen MR) is 110 cm³/mol. The molecule has 0 saturated carbocycles. The Labute approximate surface area is 170 Å². The summed E-state index contributed by atoms with van der Waals surface area (Å²) in [5.74, 6) is -0.103. The van der Waals surface area contributed by atoms with Gasteiger partial charge in [0.1, 0.15) is 5.56 Å². The first-order valence-corrected chi connectivity index (χ1v) is 9.27. The monoisotopic (exact) mass is 408 g/mol. The zero-order valence-electron chi connectivity index (χ0n) is 16.1. The standard InChI is InChI=1S/C21H20N4O5/c1-30-17-8-7-13(9-16(17)26)14-10-15(24-23-14)18-19(27)22-21(29)25(20(18)28)11-12-5-3-2-4-6-12/h2-9,14,23,26,28H,10-11H2,1H3,(H,22,27,29). The average Bonchev–Trinajstić information content (AvgIpc) is 3.21. The number of hydrogen-bond donors (Lipinski definition) is 4. The zero-order chi connectivity index (χ0) is 21.3. The number of hydrogen-bond acceptors (Lipinski definition) is 7. The summed E-state index contributed by atoms with van der Waals surface area (Å²) in [7, 11) is 1.46. The third kappa shape index (κ3) is 3.52. The first-order chi connectivity index (χ1) is 14.5. The number of H-pyrrole nitrogens is 1. The number of aromatic hydroxyl groups is 2. The molecule has 0 fully saturated rings. The number of phenols is 1. The number of methoxy groups -OCH3 is 1. The van der Waals surface area contributed by atoms with Crippen LogP contribution in [0.15, 0.2) is 63.2 Å². The van der Waals surface area contributed by atoms with E-state index in [1.165, 1.54) is 7.11 Å². The number of aromatic amines is 1. The van der Waals surface area contributed by atoms with Crippen LogP contribution in [0.4, 0.5) is 0 Å². The summed E-state index contributed by atoms with van der Waals surface area (Å²) in [6.07, 6.45) is 0.284. The second-order valence-electron chi connectivity index (χ2n) is 6.91. The van der Waals surface area contributed by atoms with Gasteiger partial charge >= 0.3 is 5.69 Å². The minimum atomic E-state index is -0.708. The van der Waals surface area contributed by atoms with Crippen molar-refractivity contribution in [2.75, 3.05) is 7.11 Å². The molecule has 30 heavy (non-hydrogen) atoms. The van der Waals surface area contributed by atoms with Gasteiger partial charge < -0.3 is 20.4 Å². The number of hydrazone groups is 1. The van der Waals surface area contributed by atoms with Crippen molar-refractivity contribution in [1.29, 1.82) is 0 Å². The van der Waals surface area contributed by atoms with Crippen LogP contribution in [0.1, 0.15) is 29.2 Å². The maximum Gasteiger partial charge on any atom is 0.331 e. The summed E-state index contributed by atoms with van der Waals surface area (Å²) in [5, 5.41) is 24.9. The molecule has 154 valence electrons. The number of nitrogens with zero attached hydrogens (tertiary/aromatic N) is 2. The Morgan fingerprint density at radius 3 is 2.63 bits per heavy atom. The summed E-state index contributed by atoms with van der Waals surface area (Å²) >= 11 is 0. The zero-order valence-corrected chi connectivity index (χ0v) is 16.1. The fourth-order valence-electron chi connectivity index (χ4n) is 3.45. The van der Waals surface area contributed by atoms with Crippen LogP contribution in [-0.4, -0.2) is 32.6 Å². The van der Waals surface area contributed by atoms with Crippen LogP contribution in [0.2, 0.25) is 0 Å². The third-order valence-electron chi connectivity index (χ3n) is 5.00.